The summed E-state index contributed by atoms with van der Waals surface area (Å²) >= 11 is 0. The Morgan fingerprint density at radius 1 is 0.519 bits per heavy atom. The summed E-state index contributed by atoms with van der Waals surface area (Å²) in [4.78, 5) is 0. The third-order valence-corrected chi connectivity index (χ3v) is 7.02. The zero-order chi connectivity index (χ0) is 20.0. The van der Waals surface area contributed by atoms with Gasteiger partial charge in [0.25, 0.3) is 0 Å². The van der Waals surface area contributed by atoms with Crippen LogP contribution in [0, 0.1) is 20.8 Å². The molecule has 0 bridgehead atoms. The molecule has 0 amide bonds. The second kappa shape index (κ2) is 9.19. The molecule has 0 spiro atoms. The van der Waals surface area contributed by atoms with Crippen molar-refractivity contribution in [1.82, 2.24) is 0 Å². The van der Waals surface area contributed by atoms with E-state index in [0.29, 0.717) is 0 Å². The van der Waals surface area contributed by atoms with Gasteiger partial charge in [0.05, 0.1) is 0 Å². The Balaban J connectivity index is 0.000000465. The van der Waals surface area contributed by atoms with Gasteiger partial charge in [-0.1, -0.05) is 72.8 Å². The molecule has 0 N–H and O–H groups in total. The first-order valence-electron chi connectivity index (χ1n) is 8.53. The third-order valence-electron chi connectivity index (χ3n) is 4.07. The fourth-order valence-electron chi connectivity index (χ4n) is 2.83. The predicted molar refractivity (Wildman–Crippen MR) is 110 cm³/mol. The molecular formula is C21H21BF4P-. The zero-order valence-electron chi connectivity index (χ0n) is 15.5. The van der Waals surface area contributed by atoms with Crippen LogP contribution in [0.5, 0.6) is 0 Å². The lowest BCUT2D eigenvalue weighted by Crippen LogP contribution is -2.25. The van der Waals surface area contributed by atoms with Crippen molar-refractivity contribution < 1.29 is 17.3 Å². The van der Waals surface area contributed by atoms with E-state index in [0.717, 1.165) is 0 Å². The van der Waals surface area contributed by atoms with E-state index >= 15 is 0 Å². The van der Waals surface area contributed by atoms with Crippen LogP contribution < -0.4 is 15.9 Å². The fourth-order valence-corrected chi connectivity index (χ4v) is 5.60. The van der Waals surface area contributed by atoms with Crippen LogP contribution in [0.2, 0.25) is 0 Å². The van der Waals surface area contributed by atoms with Crippen molar-refractivity contribution in [3.63, 3.8) is 0 Å². The van der Waals surface area contributed by atoms with Gasteiger partial charge in [-0.25, -0.2) is 0 Å². The first kappa shape index (κ1) is 21.2. The van der Waals surface area contributed by atoms with Crippen molar-refractivity contribution in [3.8, 4) is 0 Å². The maximum Gasteiger partial charge on any atom is 0.673 e. The largest absolute Gasteiger partial charge is 0.673 e. The summed E-state index contributed by atoms with van der Waals surface area (Å²) in [7, 11) is -6.51. The molecule has 0 aromatic heterocycles. The second-order valence-electron chi connectivity index (χ2n) is 6.19. The summed E-state index contributed by atoms with van der Waals surface area (Å²) in [6.45, 7) is 6.67. The van der Waals surface area contributed by atoms with Crippen molar-refractivity contribution in [2.45, 2.75) is 20.8 Å². The van der Waals surface area contributed by atoms with E-state index in [2.05, 4.69) is 93.6 Å². The highest BCUT2D eigenvalue weighted by molar-refractivity contribution is 7.80. The van der Waals surface area contributed by atoms with Crippen LogP contribution in [0.1, 0.15) is 16.7 Å². The van der Waals surface area contributed by atoms with Crippen LogP contribution >= 0.6 is 7.92 Å². The van der Waals surface area contributed by atoms with E-state index < -0.39 is 15.2 Å². The molecule has 0 nitrogen and oxygen atoms in total. The lowest BCUT2D eigenvalue weighted by molar-refractivity contribution is 0.368. The van der Waals surface area contributed by atoms with Crippen LogP contribution in [-0.4, -0.2) is 7.25 Å². The highest BCUT2D eigenvalue weighted by Gasteiger charge is 2.21. The third kappa shape index (κ3) is 6.21. The fraction of sp³-hybridized carbons (Fsp3) is 0.143. The topological polar surface area (TPSA) is 0 Å². The molecule has 3 aromatic carbocycles. The number of rotatable bonds is 3. The van der Waals surface area contributed by atoms with Gasteiger partial charge in [-0.2, -0.15) is 0 Å². The molecule has 3 aromatic rings. The quantitative estimate of drug-likeness (QED) is 0.307. The number of aryl methyl sites for hydroxylation is 3. The smallest absolute Gasteiger partial charge is 0.418 e. The van der Waals surface area contributed by atoms with Crippen LogP contribution in [0.3, 0.4) is 0 Å². The molecule has 0 aliphatic rings. The zero-order valence-corrected chi connectivity index (χ0v) is 16.4. The molecule has 142 valence electrons. The summed E-state index contributed by atoms with van der Waals surface area (Å²) in [5.41, 5.74) is 4.13. The van der Waals surface area contributed by atoms with Gasteiger partial charge < -0.3 is 17.3 Å². The Labute approximate surface area is 159 Å². The first-order valence-corrected chi connectivity index (χ1v) is 9.87. The lowest BCUT2D eigenvalue weighted by Gasteiger charge is -2.24. The molecule has 0 radical (unpaired) electrons. The molecule has 0 aliphatic heterocycles. The monoisotopic (exact) mass is 391 g/mol. The SMILES string of the molecule is Cc1ccccc1P(c1ccccc1C)c1ccccc1C.F[B-](F)(F)F. The van der Waals surface area contributed by atoms with Crippen molar-refractivity contribution >= 4 is 31.1 Å². The van der Waals surface area contributed by atoms with E-state index in [1.165, 1.54) is 32.6 Å². The predicted octanol–water partition coefficient (Wildman–Crippen LogP) is 5.67. The standard InChI is InChI=1S/C21H21P.BF4/c1-16-10-4-7-13-19(16)22(20-14-8-5-11-17(20)2)21-15-9-6-12-18(21)3;2-1(3,4)5/h4-15H,1-3H3;/q;-1. The molecule has 0 saturated carbocycles. The number of hydrogen-bond acceptors (Lipinski definition) is 0. The maximum atomic E-state index is 9.75. The van der Waals surface area contributed by atoms with Crippen molar-refractivity contribution in [3.05, 3.63) is 89.5 Å². The Morgan fingerprint density at radius 2 is 0.741 bits per heavy atom. The Morgan fingerprint density at radius 3 is 0.963 bits per heavy atom. The highest BCUT2D eigenvalue weighted by Crippen LogP contribution is 2.36. The summed E-state index contributed by atoms with van der Waals surface area (Å²) in [5, 5.41) is 4.38. The average molecular weight is 391 g/mol. The first-order chi connectivity index (χ1) is 12.7. The van der Waals surface area contributed by atoms with E-state index in [1.807, 2.05) is 0 Å². The lowest BCUT2D eigenvalue weighted by atomic mass is 10.2. The van der Waals surface area contributed by atoms with Gasteiger partial charge >= 0.3 is 7.25 Å². The molecular weight excluding hydrogens is 370 g/mol. The molecule has 27 heavy (non-hydrogen) atoms. The van der Waals surface area contributed by atoms with Gasteiger partial charge in [-0.15, -0.1) is 0 Å². The van der Waals surface area contributed by atoms with Gasteiger partial charge in [0.2, 0.25) is 0 Å². The Kier molecular flexibility index (Phi) is 7.21. The Bertz CT molecular complexity index is 779. The Hall–Kier alpha value is -2.13. The van der Waals surface area contributed by atoms with E-state index in [9.17, 15) is 17.3 Å². The molecule has 0 unspecified atom stereocenters. The maximum absolute atomic E-state index is 9.75. The number of halogens is 4. The second-order valence-corrected chi connectivity index (χ2v) is 8.31. The minimum absolute atomic E-state index is 0.508. The van der Waals surface area contributed by atoms with E-state index in [1.54, 1.807) is 0 Å². The summed E-state index contributed by atoms with van der Waals surface area (Å²) in [5.74, 6) is 0. The van der Waals surface area contributed by atoms with Crippen LogP contribution in [0.25, 0.3) is 0 Å². The summed E-state index contributed by atoms with van der Waals surface area (Å²) in [6, 6.07) is 26.4. The molecule has 3 rings (SSSR count). The summed E-state index contributed by atoms with van der Waals surface area (Å²) in [6.07, 6.45) is 0. The van der Waals surface area contributed by atoms with Gasteiger partial charge in [0.15, 0.2) is 0 Å². The van der Waals surface area contributed by atoms with Crippen LogP contribution in [-0.2, 0) is 0 Å². The number of benzene rings is 3. The molecule has 6 heteroatoms. The van der Waals surface area contributed by atoms with E-state index in [-0.39, 0.29) is 0 Å². The van der Waals surface area contributed by atoms with Gasteiger partial charge in [0, 0.05) is 0 Å². The molecule has 0 heterocycles. The highest BCUT2D eigenvalue weighted by atomic mass is 31.1. The molecule has 0 saturated heterocycles. The van der Waals surface area contributed by atoms with E-state index in [4.69, 9.17) is 0 Å². The normalized spacial score (nSPS) is 11.1. The van der Waals surface area contributed by atoms with Crippen molar-refractivity contribution in [2.24, 2.45) is 0 Å². The molecule has 0 fully saturated rings. The summed E-state index contributed by atoms with van der Waals surface area (Å²) < 4.78 is 39.0. The van der Waals surface area contributed by atoms with Gasteiger partial charge in [-0.3, -0.25) is 0 Å². The van der Waals surface area contributed by atoms with Gasteiger partial charge in [0.1, 0.15) is 0 Å². The van der Waals surface area contributed by atoms with Crippen LogP contribution in [0.15, 0.2) is 72.8 Å². The average Bonchev–Trinajstić information content (AvgIpc) is 2.58. The van der Waals surface area contributed by atoms with Crippen molar-refractivity contribution in [2.75, 3.05) is 0 Å². The van der Waals surface area contributed by atoms with Gasteiger partial charge in [-0.05, 0) is 61.3 Å². The number of hydrogen-bond donors (Lipinski definition) is 0. The minimum atomic E-state index is -6.00. The minimum Gasteiger partial charge on any atom is -0.418 e. The van der Waals surface area contributed by atoms with Crippen LogP contribution in [0.4, 0.5) is 17.3 Å². The molecule has 0 aliphatic carbocycles. The van der Waals surface area contributed by atoms with Crippen molar-refractivity contribution in [1.29, 1.82) is 0 Å². The molecule has 0 atom stereocenters.